The van der Waals surface area contributed by atoms with E-state index in [1.54, 1.807) is 12.1 Å². The first-order chi connectivity index (χ1) is 13.9. The molecule has 5 atom stereocenters. The van der Waals surface area contributed by atoms with Crippen molar-refractivity contribution in [2.75, 3.05) is 13.7 Å². The molecule has 1 aliphatic rings. The van der Waals surface area contributed by atoms with Crippen molar-refractivity contribution >= 4 is 9.84 Å². The van der Waals surface area contributed by atoms with Crippen molar-refractivity contribution in [1.29, 1.82) is 0 Å². The number of hydrogen-bond acceptors (Lipinski definition) is 7. The molecule has 3 rings (SSSR count). The van der Waals surface area contributed by atoms with Crippen LogP contribution in [0.25, 0.3) is 0 Å². The molecule has 0 amide bonds. The Morgan fingerprint density at radius 1 is 1.07 bits per heavy atom. The molecule has 7 nitrogen and oxygen atoms in total. The average molecular weight is 422 g/mol. The van der Waals surface area contributed by atoms with Crippen molar-refractivity contribution in [3.8, 4) is 0 Å². The van der Waals surface area contributed by atoms with Gasteiger partial charge in [-0.1, -0.05) is 48.0 Å². The van der Waals surface area contributed by atoms with Gasteiger partial charge in [-0.25, -0.2) is 8.42 Å². The van der Waals surface area contributed by atoms with E-state index < -0.39 is 46.3 Å². The van der Waals surface area contributed by atoms with Gasteiger partial charge >= 0.3 is 0 Å². The Bertz CT molecular complexity index is 883. The third-order valence-corrected chi connectivity index (χ3v) is 7.25. The van der Waals surface area contributed by atoms with Gasteiger partial charge in [-0.2, -0.15) is 0 Å². The highest BCUT2D eigenvalue weighted by Crippen LogP contribution is 2.32. The minimum atomic E-state index is -4.01. The van der Waals surface area contributed by atoms with Crippen LogP contribution in [0, 0.1) is 6.92 Å². The zero-order chi connectivity index (χ0) is 21.0. The molecule has 0 aromatic heterocycles. The van der Waals surface area contributed by atoms with Gasteiger partial charge in [0.05, 0.1) is 18.1 Å². The van der Waals surface area contributed by atoms with Crippen LogP contribution in [0.4, 0.5) is 0 Å². The van der Waals surface area contributed by atoms with Gasteiger partial charge in [0.1, 0.15) is 23.6 Å². The van der Waals surface area contributed by atoms with Gasteiger partial charge in [0.2, 0.25) is 0 Å². The average Bonchev–Trinajstić information content (AvgIpc) is 2.73. The van der Waals surface area contributed by atoms with Gasteiger partial charge in [-0.05, 0) is 24.6 Å². The van der Waals surface area contributed by atoms with Crippen molar-refractivity contribution in [1.82, 2.24) is 0 Å². The molecule has 1 fully saturated rings. The van der Waals surface area contributed by atoms with E-state index in [2.05, 4.69) is 0 Å². The number of aliphatic hydroxyl groups is 2. The number of benzene rings is 2. The van der Waals surface area contributed by atoms with Crippen LogP contribution in [0.5, 0.6) is 0 Å². The summed E-state index contributed by atoms with van der Waals surface area (Å²) in [4.78, 5) is 0.0480. The molecule has 2 aromatic rings. The van der Waals surface area contributed by atoms with Crippen molar-refractivity contribution in [3.63, 3.8) is 0 Å². The zero-order valence-corrected chi connectivity index (χ0v) is 17.2. The molecule has 0 bridgehead atoms. The molecule has 2 N–H and O–H groups in total. The van der Waals surface area contributed by atoms with E-state index in [4.69, 9.17) is 14.2 Å². The Morgan fingerprint density at radius 3 is 2.31 bits per heavy atom. The number of methoxy groups -OCH3 is 1. The van der Waals surface area contributed by atoms with E-state index in [1.165, 1.54) is 19.2 Å². The highest BCUT2D eigenvalue weighted by molar-refractivity contribution is 7.92. The minimum absolute atomic E-state index is 0.0480. The quantitative estimate of drug-likeness (QED) is 0.696. The lowest BCUT2D eigenvalue weighted by Gasteiger charge is -2.43. The van der Waals surface area contributed by atoms with Crippen LogP contribution < -0.4 is 0 Å². The Labute approximate surface area is 170 Å². The topological polar surface area (TPSA) is 102 Å². The van der Waals surface area contributed by atoms with Crippen molar-refractivity contribution < 1.29 is 32.8 Å². The maximum atomic E-state index is 13.2. The van der Waals surface area contributed by atoms with Crippen molar-refractivity contribution in [3.05, 3.63) is 65.7 Å². The molecule has 158 valence electrons. The minimum Gasteiger partial charge on any atom is -0.394 e. The summed E-state index contributed by atoms with van der Waals surface area (Å²) < 4.78 is 43.2. The van der Waals surface area contributed by atoms with Gasteiger partial charge < -0.3 is 24.4 Å². The van der Waals surface area contributed by atoms with E-state index in [0.717, 1.165) is 11.1 Å². The molecule has 0 spiro atoms. The highest BCUT2D eigenvalue weighted by Gasteiger charge is 2.52. The second-order valence-electron chi connectivity index (χ2n) is 7.04. The summed E-state index contributed by atoms with van der Waals surface area (Å²) in [6.45, 7) is 1.41. The first kappa shape index (κ1) is 21.9. The van der Waals surface area contributed by atoms with Crippen molar-refractivity contribution in [2.45, 2.75) is 48.3 Å². The Balaban J connectivity index is 1.89. The monoisotopic (exact) mass is 422 g/mol. The predicted octanol–water partition coefficient (Wildman–Crippen LogP) is 1.45. The smallest absolute Gasteiger partial charge is 0.186 e. The van der Waals surface area contributed by atoms with Gasteiger partial charge in [-0.15, -0.1) is 0 Å². The molecule has 0 aliphatic carbocycles. The largest absolute Gasteiger partial charge is 0.394 e. The number of aryl methyl sites for hydroxylation is 1. The second-order valence-corrected chi connectivity index (χ2v) is 9.14. The van der Waals surface area contributed by atoms with Crippen LogP contribution in [0.1, 0.15) is 11.1 Å². The summed E-state index contributed by atoms with van der Waals surface area (Å²) in [5.74, 6) is 0. The number of hydrogen-bond donors (Lipinski definition) is 2. The molecule has 2 aromatic carbocycles. The van der Waals surface area contributed by atoms with Gasteiger partial charge in [-0.3, -0.25) is 0 Å². The Hall–Kier alpha value is -1.81. The first-order valence-electron chi connectivity index (χ1n) is 9.31. The summed E-state index contributed by atoms with van der Waals surface area (Å²) in [5.41, 5.74) is 1.77. The van der Waals surface area contributed by atoms with E-state index in [0.29, 0.717) is 0 Å². The Kier molecular flexibility index (Phi) is 7.05. The predicted molar refractivity (Wildman–Crippen MR) is 106 cm³/mol. The molecule has 0 radical (unpaired) electrons. The highest BCUT2D eigenvalue weighted by atomic mass is 32.2. The molecule has 29 heavy (non-hydrogen) atoms. The summed E-state index contributed by atoms with van der Waals surface area (Å²) in [5, 5.41) is 19.3. The fraction of sp³-hybridized carbons (Fsp3) is 0.429. The molecule has 1 saturated heterocycles. The van der Waals surface area contributed by atoms with Crippen LogP contribution in [0.15, 0.2) is 59.5 Å². The van der Waals surface area contributed by atoms with Crippen LogP contribution in [0.2, 0.25) is 0 Å². The zero-order valence-electron chi connectivity index (χ0n) is 16.3. The lowest BCUT2D eigenvalue weighted by Crippen LogP contribution is -2.62. The summed E-state index contributed by atoms with van der Waals surface area (Å²) in [6.07, 6.45) is -4.68. The van der Waals surface area contributed by atoms with Crippen LogP contribution >= 0.6 is 0 Å². The fourth-order valence-electron chi connectivity index (χ4n) is 3.44. The number of aliphatic hydroxyl groups excluding tert-OH is 2. The maximum absolute atomic E-state index is 13.2. The molecule has 0 saturated carbocycles. The van der Waals surface area contributed by atoms with Gasteiger partial charge in [0.25, 0.3) is 0 Å². The van der Waals surface area contributed by atoms with E-state index in [1.807, 2.05) is 37.3 Å². The lowest BCUT2D eigenvalue weighted by atomic mass is 10.0. The first-order valence-corrected chi connectivity index (χ1v) is 10.9. The van der Waals surface area contributed by atoms with Crippen LogP contribution in [-0.4, -0.2) is 62.2 Å². The molecule has 1 aliphatic heterocycles. The van der Waals surface area contributed by atoms with E-state index in [9.17, 15) is 18.6 Å². The number of rotatable bonds is 7. The van der Waals surface area contributed by atoms with Gasteiger partial charge in [0.15, 0.2) is 16.1 Å². The van der Waals surface area contributed by atoms with Crippen LogP contribution in [-0.2, 0) is 30.7 Å². The second kappa shape index (κ2) is 9.34. The number of sulfone groups is 1. The molecule has 8 heteroatoms. The van der Waals surface area contributed by atoms with Gasteiger partial charge in [0, 0.05) is 7.11 Å². The third kappa shape index (κ3) is 4.69. The van der Waals surface area contributed by atoms with Crippen LogP contribution in [0.3, 0.4) is 0 Å². The van der Waals surface area contributed by atoms with E-state index in [-0.39, 0.29) is 11.5 Å². The third-order valence-electron chi connectivity index (χ3n) is 5.02. The SMILES string of the molecule is CO[C@H]1O[C@H](CO)[C@H](S(=O)(=O)c2ccc(C)cc2)[C@H](O)[C@H]1OCc1ccccc1. The molecular weight excluding hydrogens is 396 g/mol. The fourth-order valence-corrected chi connectivity index (χ4v) is 5.35. The molecule has 0 unspecified atom stereocenters. The van der Waals surface area contributed by atoms with Crippen molar-refractivity contribution in [2.24, 2.45) is 0 Å². The lowest BCUT2D eigenvalue weighted by molar-refractivity contribution is -0.273. The maximum Gasteiger partial charge on any atom is 0.186 e. The number of ether oxygens (including phenoxy) is 3. The molecule has 1 heterocycles. The van der Waals surface area contributed by atoms with E-state index >= 15 is 0 Å². The summed E-state index contributed by atoms with van der Waals surface area (Å²) in [7, 11) is -2.63. The molecular formula is C21H26O7S. The summed E-state index contributed by atoms with van der Waals surface area (Å²) >= 11 is 0. The Morgan fingerprint density at radius 2 is 1.72 bits per heavy atom. The summed E-state index contributed by atoms with van der Waals surface area (Å²) in [6, 6.07) is 15.6. The normalized spacial score (nSPS) is 27.7. The standard InChI is InChI=1S/C21H26O7S/c1-14-8-10-16(11-9-14)29(24,25)20-17(12-22)28-21(26-2)19(18(20)23)27-13-15-6-4-3-5-7-15/h3-11,17-23H,12-13H2,1-2H3/t17-,18-,19-,20+,21+/m1/s1.